The molecule has 2 aromatic carbocycles. The van der Waals surface area contributed by atoms with Gasteiger partial charge in [0.1, 0.15) is 5.41 Å². The fraction of sp³-hybridized carbons (Fsp3) is 0.158. The predicted octanol–water partition coefficient (Wildman–Crippen LogP) is 3.80. The molecule has 0 amide bonds. The fourth-order valence-electron chi connectivity index (χ4n) is 2.83. The lowest BCUT2D eigenvalue weighted by Crippen LogP contribution is -2.27. The molecule has 0 saturated carbocycles. The van der Waals surface area contributed by atoms with Crippen LogP contribution in [0.15, 0.2) is 66.7 Å². The molecule has 0 fully saturated rings. The summed E-state index contributed by atoms with van der Waals surface area (Å²) in [4.78, 5) is 12.4. The van der Waals surface area contributed by atoms with Crippen molar-refractivity contribution in [1.29, 1.82) is 5.26 Å². The molecule has 0 bridgehead atoms. The largest absolute Gasteiger partial charge is 0.293 e. The van der Waals surface area contributed by atoms with Crippen LogP contribution < -0.4 is 0 Å². The minimum absolute atomic E-state index is 0.0762. The van der Waals surface area contributed by atoms with Crippen molar-refractivity contribution in [2.24, 2.45) is 5.41 Å². The van der Waals surface area contributed by atoms with E-state index in [1.165, 1.54) is 0 Å². The highest BCUT2D eigenvalue weighted by atomic mass is 16.1. The van der Waals surface area contributed by atoms with Crippen LogP contribution in [0.3, 0.4) is 0 Å². The van der Waals surface area contributed by atoms with Crippen molar-refractivity contribution in [3.8, 4) is 6.07 Å². The molecule has 1 atom stereocenters. The summed E-state index contributed by atoms with van der Waals surface area (Å²) in [5.41, 5.74) is 2.05. The van der Waals surface area contributed by atoms with Gasteiger partial charge in [-0.3, -0.25) is 4.79 Å². The second-order valence-corrected chi connectivity index (χ2v) is 5.43. The molecule has 2 aromatic rings. The van der Waals surface area contributed by atoms with Gasteiger partial charge in [-0.1, -0.05) is 60.7 Å². The van der Waals surface area contributed by atoms with Crippen molar-refractivity contribution in [3.63, 3.8) is 0 Å². The molecule has 1 aliphatic carbocycles. The van der Waals surface area contributed by atoms with Gasteiger partial charge in [0.15, 0.2) is 5.78 Å². The molecule has 0 N–H and O–H groups in total. The van der Waals surface area contributed by atoms with Crippen LogP contribution in [0, 0.1) is 16.7 Å². The van der Waals surface area contributed by atoms with Crippen molar-refractivity contribution in [1.82, 2.24) is 0 Å². The highest BCUT2D eigenvalue weighted by molar-refractivity contribution is 6.07. The minimum Gasteiger partial charge on any atom is -0.293 e. The molecule has 3 rings (SSSR count). The SMILES string of the molecule is N#CC1(Cc2ccccc2)CC(c2ccccc2)=CC1=O. The van der Waals surface area contributed by atoms with Gasteiger partial charge in [0.05, 0.1) is 6.07 Å². The Morgan fingerprint density at radius 2 is 1.62 bits per heavy atom. The van der Waals surface area contributed by atoms with Crippen LogP contribution in [-0.4, -0.2) is 5.78 Å². The topological polar surface area (TPSA) is 40.9 Å². The number of benzene rings is 2. The van der Waals surface area contributed by atoms with Gasteiger partial charge in [0, 0.05) is 0 Å². The Hall–Kier alpha value is -2.66. The molecule has 21 heavy (non-hydrogen) atoms. The third-order valence-corrected chi connectivity index (χ3v) is 3.98. The molecular formula is C19H15NO. The lowest BCUT2D eigenvalue weighted by atomic mass is 9.78. The standard InChI is InChI=1S/C19H15NO/c20-14-19(12-15-7-3-1-4-8-15)13-17(11-18(19)21)16-9-5-2-6-10-16/h1-11H,12-13H2. The van der Waals surface area contributed by atoms with E-state index in [4.69, 9.17) is 0 Å². The maximum Gasteiger partial charge on any atom is 0.176 e. The molecule has 2 heteroatoms. The van der Waals surface area contributed by atoms with Crippen LogP contribution in [0.5, 0.6) is 0 Å². The summed E-state index contributed by atoms with van der Waals surface area (Å²) in [5.74, 6) is -0.0762. The van der Waals surface area contributed by atoms with E-state index in [1.54, 1.807) is 6.08 Å². The van der Waals surface area contributed by atoms with E-state index in [0.717, 1.165) is 16.7 Å². The van der Waals surface area contributed by atoms with E-state index in [2.05, 4.69) is 6.07 Å². The molecule has 1 aliphatic rings. The van der Waals surface area contributed by atoms with E-state index in [9.17, 15) is 10.1 Å². The summed E-state index contributed by atoms with van der Waals surface area (Å²) in [6.07, 6.45) is 2.60. The Morgan fingerprint density at radius 1 is 1.00 bits per heavy atom. The zero-order valence-corrected chi connectivity index (χ0v) is 11.6. The maximum absolute atomic E-state index is 12.4. The lowest BCUT2D eigenvalue weighted by molar-refractivity contribution is -0.120. The van der Waals surface area contributed by atoms with Gasteiger partial charge in [-0.15, -0.1) is 0 Å². The Balaban J connectivity index is 1.89. The van der Waals surface area contributed by atoms with Crippen molar-refractivity contribution in [2.75, 3.05) is 0 Å². The van der Waals surface area contributed by atoms with Crippen LogP contribution >= 0.6 is 0 Å². The predicted molar refractivity (Wildman–Crippen MR) is 82.2 cm³/mol. The molecule has 0 heterocycles. The smallest absolute Gasteiger partial charge is 0.176 e. The van der Waals surface area contributed by atoms with Crippen LogP contribution in [-0.2, 0) is 11.2 Å². The van der Waals surface area contributed by atoms with Crippen molar-refractivity contribution in [2.45, 2.75) is 12.8 Å². The number of hydrogen-bond acceptors (Lipinski definition) is 2. The third-order valence-electron chi connectivity index (χ3n) is 3.98. The van der Waals surface area contributed by atoms with E-state index in [-0.39, 0.29) is 5.78 Å². The van der Waals surface area contributed by atoms with E-state index in [1.807, 2.05) is 60.7 Å². The van der Waals surface area contributed by atoms with E-state index >= 15 is 0 Å². The first-order chi connectivity index (χ1) is 10.2. The zero-order chi connectivity index (χ0) is 14.7. The Kier molecular flexibility index (Phi) is 3.41. The van der Waals surface area contributed by atoms with E-state index < -0.39 is 5.41 Å². The monoisotopic (exact) mass is 273 g/mol. The van der Waals surface area contributed by atoms with Gasteiger partial charge in [-0.05, 0) is 35.6 Å². The summed E-state index contributed by atoms with van der Waals surface area (Å²) < 4.78 is 0. The van der Waals surface area contributed by atoms with Crippen LogP contribution in [0.25, 0.3) is 5.57 Å². The number of rotatable bonds is 3. The molecule has 0 radical (unpaired) electrons. The second-order valence-electron chi connectivity index (χ2n) is 5.43. The number of nitrogens with zero attached hydrogens (tertiary/aromatic N) is 1. The van der Waals surface area contributed by atoms with Gasteiger partial charge in [-0.2, -0.15) is 5.26 Å². The average molecular weight is 273 g/mol. The Labute approximate surface area is 124 Å². The normalized spacial score (nSPS) is 20.9. The third kappa shape index (κ3) is 2.51. The van der Waals surface area contributed by atoms with Crippen molar-refractivity contribution >= 4 is 11.4 Å². The second kappa shape index (κ2) is 5.38. The van der Waals surface area contributed by atoms with Crippen LogP contribution in [0.1, 0.15) is 17.5 Å². The molecule has 2 nitrogen and oxygen atoms in total. The molecule has 1 unspecified atom stereocenters. The summed E-state index contributed by atoms with van der Waals surface area (Å²) in [6, 6.07) is 21.8. The molecule has 0 spiro atoms. The molecule has 0 saturated heterocycles. The van der Waals surface area contributed by atoms with Crippen molar-refractivity contribution in [3.05, 3.63) is 77.9 Å². The molecule has 102 valence electrons. The lowest BCUT2D eigenvalue weighted by Gasteiger charge is -2.19. The number of allylic oxidation sites excluding steroid dienone is 2. The van der Waals surface area contributed by atoms with Gasteiger partial charge >= 0.3 is 0 Å². The molecular weight excluding hydrogens is 258 g/mol. The highest BCUT2D eigenvalue weighted by Crippen LogP contribution is 2.41. The van der Waals surface area contributed by atoms with Gasteiger partial charge in [-0.25, -0.2) is 0 Å². The number of ketones is 1. The average Bonchev–Trinajstić information content (AvgIpc) is 2.87. The summed E-state index contributed by atoms with van der Waals surface area (Å²) in [5, 5.41) is 9.61. The maximum atomic E-state index is 12.4. The fourth-order valence-corrected chi connectivity index (χ4v) is 2.83. The molecule has 0 aromatic heterocycles. The van der Waals surface area contributed by atoms with Crippen LogP contribution in [0.2, 0.25) is 0 Å². The number of hydrogen-bond donors (Lipinski definition) is 0. The summed E-state index contributed by atoms with van der Waals surface area (Å²) in [7, 11) is 0. The van der Waals surface area contributed by atoms with Gasteiger partial charge in [0.25, 0.3) is 0 Å². The van der Waals surface area contributed by atoms with Crippen LogP contribution in [0.4, 0.5) is 0 Å². The summed E-state index contributed by atoms with van der Waals surface area (Å²) >= 11 is 0. The minimum atomic E-state index is -0.952. The Morgan fingerprint density at radius 3 is 2.24 bits per heavy atom. The first kappa shape index (κ1) is 13.3. The highest BCUT2D eigenvalue weighted by Gasteiger charge is 2.42. The van der Waals surface area contributed by atoms with Crippen molar-refractivity contribution < 1.29 is 4.79 Å². The molecule has 0 aliphatic heterocycles. The quantitative estimate of drug-likeness (QED) is 0.853. The first-order valence-electron chi connectivity index (χ1n) is 6.99. The Bertz CT molecular complexity index is 725. The number of carbonyl (C=O) groups excluding carboxylic acids is 1. The van der Waals surface area contributed by atoms with Gasteiger partial charge in [0.2, 0.25) is 0 Å². The zero-order valence-electron chi connectivity index (χ0n) is 11.6. The van der Waals surface area contributed by atoms with Gasteiger partial charge < -0.3 is 0 Å². The van der Waals surface area contributed by atoms with E-state index in [0.29, 0.717) is 12.8 Å². The first-order valence-corrected chi connectivity index (χ1v) is 6.99. The number of carbonyl (C=O) groups is 1. The number of nitriles is 1. The summed E-state index contributed by atoms with van der Waals surface area (Å²) in [6.45, 7) is 0.